The van der Waals surface area contributed by atoms with E-state index in [1.807, 2.05) is 12.1 Å². The van der Waals surface area contributed by atoms with Crippen LogP contribution in [0.15, 0.2) is 24.3 Å². The Hall–Kier alpha value is -0.990. The number of hydrogen-bond acceptors (Lipinski definition) is 1. The normalized spacial score (nSPS) is 11.2. The first-order valence-corrected chi connectivity index (χ1v) is 6.66. The minimum atomic E-state index is 0.817. The van der Waals surface area contributed by atoms with Crippen LogP contribution < -0.4 is 5.32 Å². The van der Waals surface area contributed by atoms with E-state index in [2.05, 4.69) is 29.4 Å². The molecule has 0 saturated carbocycles. The molecule has 92 valence electrons. The van der Waals surface area contributed by atoms with E-state index >= 15 is 0 Å². The lowest BCUT2D eigenvalue weighted by Crippen LogP contribution is -2.15. The number of nitrogens with one attached hydrogen (secondary N) is 2. The second kappa shape index (κ2) is 6.08. The topological polar surface area (TPSA) is 27.8 Å². The summed E-state index contributed by atoms with van der Waals surface area (Å²) in [6.07, 6.45) is 3.77. The number of benzene rings is 1. The van der Waals surface area contributed by atoms with E-state index in [1.54, 1.807) is 0 Å². The average Bonchev–Trinajstić information content (AvgIpc) is 2.67. The molecule has 1 aromatic heterocycles. The van der Waals surface area contributed by atoms with Crippen LogP contribution in [-0.4, -0.2) is 11.5 Å². The van der Waals surface area contributed by atoms with Crippen molar-refractivity contribution in [3.63, 3.8) is 0 Å². The molecule has 1 heterocycles. The molecule has 2 N–H and O–H groups in total. The fourth-order valence-corrected chi connectivity index (χ4v) is 2.28. The maximum absolute atomic E-state index is 6.33. The van der Waals surface area contributed by atoms with Gasteiger partial charge in [0.2, 0.25) is 0 Å². The largest absolute Gasteiger partial charge is 0.356 e. The molecule has 17 heavy (non-hydrogen) atoms. The molecule has 0 saturated heterocycles. The third-order valence-electron chi connectivity index (χ3n) is 2.97. The SMILES string of the molecule is CCCCCNCc1[nH]c2ccccc2c1Cl. The molecule has 0 spiro atoms. The number of rotatable bonds is 6. The third-order valence-corrected chi connectivity index (χ3v) is 3.40. The van der Waals surface area contributed by atoms with Crippen LogP contribution in [0.5, 0.6) is 0 Å². The van der Waals surface area contributed by atoms with Gasteiger partial charge in [0.05, 0.1) is 5.02 Å². The smallest absolute Gasteiger partial charge is 0.0705 e. The molecule has 2 aromatic rings. The van der Waals surface area contributed by atoms with Gasteiger partial charge in [0.1, 0.15) is 0 Å². The van der Waals surface area contributed by atoms with Gasteiger partial charge < -0.3 is 10.3 Å². The van der Waals surface area contributed by atoms with E-state index in [0.29, 0.717) is 0 Å². The van der Waals surface area contributed by atoms with Gasteiger partial charge in [-0.2, -0.15) is 0 Å². The van der Waals surface area contributed by atoms with Gasteiger partial charge in [-0.15, -0.1) is 0 Å². The van der Waals surface area contributed by atoms with Crippen LogP contribution in [0.2, 0.25) is 5.02 Å². The number of hydrogen-bond donors (Lipinski definition) is 2. The van der Waals surface area contributed by atoms with Crippen LogP contribution in [0.4, 0.5) is 0 Å². The summed E-state index contributed by atoms with van der Waals surface area (Å²) >= 11 is 6.33. The van der Waals surface area contributed by atoms with Crippen molar-refractivity contribution in [2.75, 3.05) is 6.54 Å². The molecule has 0 fully saturated rings. The Morgan fingerprint density at radius 1 is 1.24 bits per heavy atom. The van der Waals surface area contributed by atoms with Crippen molar-refractivity contribution in [1.29, 1.82) is 0 Å². The summed E-state index contributed by atoms with van der Waals surface area (Å²) in [4.78, 5) is 3.36. The first kappa shape index (κ1) is 12.5. The Labute approximate surface area is 107 Å². The van der Waals surface area contributed by atoms with Crippen molar-refractivity contribution in [3.8, 4) is 0 Å². The quantitative estimate of drug-likeness (QED) is 0.743. The molecule has 0 amide bonds. The zero-order chi connectivity index (χ0) is 12.1. The van der Waals surface area contributed by atoms with Crippen molar-refractivity contribution in [1.82, 2.24) is 10.3 Å². The molecule has 0 aliphatic rings. The van der Waals surface area contributed by atoms with E-state index < -0.39 is 0 Å². The van der Waals surface area contributed by atoms with Gasteiger partial charge in [0, 0.05) is 23.1 Å². The summed E-state index contributed by atoms with van der Waals surface area (Å²) in [6, 6.07) is 8.14. The number of halogens is 1. The van der Waals surface area contributed by atoms with E-state index in [9.17, 15) is 0 Å². The molecular weight excluding hydrogens is 232 g/mol. The van der Waals surface area contributed by atoms with Crippen LogP contribution in [0.1, 0.15) is 31.9 Å². The Balaban J connectivity index is 1.97. The first-order chi connectivity index (χ1) is 8.33. The fraction of sp³-hybridized carbons (Fsp3) is 0.429. The lowest BCUT2D eigenvalue weighted by molar-refractivity contribution is 0.612. The second-order valence-electron chi connectivity index (χ2n) is 4.35. The monoisotopic (exact) mass is 250 g/mol. The second-order valence-corrected chi connectivity index (χ2v) is 4.72. The zero-order valence-corrected chi connectivity index (χ0v) is 11.0. The van der Waals surface area contributed by atoms with Crippen molar-refractivity contribution in [3.05, 3.63) is 35.0 Å². The minimum Gasteiger partial charge on any atom is -0.356 e. The molecule has 0 radical (unpaired) electrons. The van der Waals surface area contributed by atoms with Gasteiger partial charge in [-0.25, -0.2) is 0 Å². The number of aromatic nitrogens is 1. The van der Waals surface area contributed by atoms with Crippen molar-refractivity contribution < 1.29 is 0 Å². The fourth-order valence-electron chi connectivity index (χ4n) is 2.00. The highest BCUT2D eigenvalue weighted by molar-refractivity contribution is 6.36. The van der Waals surface area contributed by atoms with Gasteiger partial charge in [0.15, 0.2) is 0 Å². The van der Waals surface area contributed by atoms with E-state index in [1.165, 1.54) is 19.3 Å². The van der Waals surface area contributed by atoms with Crippen molar-refractivity contribution in [2.45, 2.75) is 32.7 Å². The van der Waals surface area contributed by atoms with Crippen LogP contribution >= 0.6 is 11.6 Å². The summed E-state index contributed by atoms with van der Waals surface area (Å²) in [5, 5.41) is 5.38. The van der Waals surface area contributed by atoms with E-state index in [4.69, 9.17) is 11.6 Å². The van der Waals surface area contributed by atoms with Crippen LogP contribution in [0, 0.1) is 0 Å². The summed E-state index contributed by atoms with van der Waals surface area (Å²) in [6.45, 7) is 4.09. The highest BCUT2D eigenvalue weighted by Gasteiger charge is 2.07. The van der Waals surface area contributed by atoms with Crippen LogP contribution in [0.25, 0.3) is 10.9 Å². The lowest BCUT2D eigenvalue weighted by atomic mass is 10.2. The van der Waals surface area contributed by atoms with Crippen molar-refractivity contribution in [2.24, 2.45) is 0 Å². The summed E-state index contributed by atoms with van der Waals surface area (Å²) < 4.78 is 0. The van der Waals surface area contributed by atoms with Crippen molar-refractivity contribution >= 4 is 22.5 Å². The molecule has 3 heteroatoms. The molecule has 2 rings (SSSR count). The van der Waals surface area contributed by atoms with Gasteiger partial charge in [-0.1, -0.05) is 49.6 Å². The molecule has 0 aliphatic carbocycles. The predicted octanol–water partition coefficient (Wildman–Crippen LogP) is 4.10. The molecule has 0 unspecified atom stereocenters. The number of aromatic amines is 1. The first-order valence-electron chi connectivity index (χ1n) is 6.28. The van der Waals surface area contributed by atoms with E-state index in [0.717, 1.165) is 34.7 Å². The number of para-hydroxylation sites is 1. The Morgan fingerprint density at radius 3 is 2.82 bits per heavy atom. The Kier molecular flexibility index (Phi) is 4.46. The standard InChI is InChI=1S/C14H19ClN2/c1-2-3-6-9-16-10-13-14(15)11-7-4-5-8-12(11)17-13/h4-5,7-8,16-17H,2-3,6,9-10H2,1H3. The number of unbranched alkanes of at least 4 members (excludes halogenated alkanes) is 2. The summed E-state index contributed by atoms with van der Waals surface area (Å²) in [5.74, 6) is 0. The third kappa shape index (κ3) is 3.02. The summed E-state index contributed by atoms with van der Waals surface area (Å²) in [7, 11) is 0. The highest BCUT2D eigenvalue weighted by atomic mass is 35.5. The molecular formula is C14H19ClN2. The predicted molar refractivity (Wildman–Crippen MR) is 74.5 cm³/mol. The number of fused-ring (bicyclic) bond motifs is 1. The maximum Gasteiger partial charge on any atom is 0.0705 e. The lowest BCUT2D eigenvalue weighted by Gasteiger charge is -2.02. The maximum atomic E-state index is 6.33. The highest BCUT2D eigenvalue weighted by Crippen LogP contribution is 2.26. The molecule has 2 nitrogen and oxygen atoms in total. The Morgan fingerprint density at radius 2 is 2.06 bits per heavy atom. The van der Waals surface area contributed by atoms with Crippen LogP contribution in [-0.2, 0) is 6.54 Å². The molecule has 1 aromatic carbocycles. The number of H-pyrrole nitrogens is 1. The van der Waals surface area contributed by atoms with E-state index in [-0.39, 0.29) is 0 Å². The summed E-state index contributed by atoms with van der Waals surface area (Å²) in [5.41, 5.74) is 2.20. The van der Waals surface area contributed by atoms with Gasteiger partial charge >= 0.3 is 0 Å². The van der Waals surface area contributed by atoms with Crippen LogP contribution in [0.3, 0.4) is 0 Å². The van der Waals surface area contributed by atoms with Gasteiger partial charge in [-0.05, 0) is 19.0 Å². The molecule has 0 bridgehead atoms. The Bertz CT molecular complexity index is 476. The molecule has 0 atom stereocenters. The van der Waals surface area contributed by atoms with Gasteiger partial charge in [-0.3, -0.25) is 0 Å². The zero-order valence-electron chi connectivity index (χ0n) is 10.2. The minimum absolute atomic E-state index is 0.817. The van der Waals surface area contributed by atoms with Gasteiger partial charge in [0.25, 0.3) is 0 Å². The average molecular weight is 251 g/mol. The molecule has 0 aliphatic heterocycles.